The zero-order chi connectivity index (χ0) is 15.8. The molecule has 1 aromatic rings. The molecule has 0 radical (unpaired) electrons. The molecule has 2 N–H and O–H groups in total. The standard InChI is InChI=1S/C13H14Cl2N2O4/c1-2-16-11(18)6-17-12(19)7-21-13(20)9-4-3-8(14)5-10(9)15/h3-5H,2,6-7H2,1H3,(H,16,18)(H,17,19). The summed E-state index contributed by atoms with van der Waals surface area (Å²) in [5.74, 6) is -1.65. The van der Waals surface area contributed by atoms with Gasteiger partial charge in [0.2, 0.25) is 5.91 Å². The Morgan fingerprint density at radius 2 is 1.86 bits per heavy atom. The fourth-order valence-corrected chi connectivity index (χ4v) is 1.84. The van der Waals surface area contributed by atoms with Crippen LogP contribution in [0.5, 0.6) is 0 Å². The molecule has 0 fully saturated rings. The molecule has 1 rings (SSSR count). The van der Waals surface area contributed by atoms with E-state index >= 15 is 0 Å². The van der Waals surface area contributed by atoms with Crippen LogP contribution in [0.3, 0.4) is 0 Å². The molecule has 0 bridgehead atoms. The van der Waals surface area contributed by atoms with Crippen LogP contribution in [0.1, 0.15) is 17.3 Å². The van der Waals surface area contributed by atoms with Gasteiger partial charge in [0.1, 0.15) is 0 Å². The van der Waals surface area contributed by atoms with E-state index in [1.54, 1.807) is 6.92 Å². The third-order valence-electron chi connectivity index (χ3n) is 2.31. The van der Waals surface area contributed by atoms with E-state index in [9.17, 15) is 14.4 Å². The Kier molecular flexibility index (Phi) is 6.98. The zero-order valence-corrected chi connectivity index (χ0v) is 12.8. The molecule has 0 aliphatic carbocycles. The summed E-state index contributed by atoms with van der Waals surface area (Å²) in [7, 11) is 0. The Morgan fingerprint density at radius 3 is 2.48 bits per heavy atom. The van der Waals surface area contributed by atoms with Crippen LogP contribution in [0.4, 0.5) is 0 Å². The lowest BCUT2D eigenvalue weighted by Gasteiger charge is -2.07. The van der Waals surface area contributed by atoms with Gasteiger partial charge in [-0.2, -0.15) is 0 Å². The number of carbonyl (C=O) groups excluding carboxylic acids is 3. The van der Waals surface area contributed by atoms with Crippen LogP contribution >= 0.6 is 23.2 Å². The van der Waals surface area contributed by atoms with Crippen molar-refractivity contribution in [2.24, 2.45) is 0 Å². The smallest absolute Gasteiger partial charge is 0.340 e. The summed E-state index contributed by atoms with van der Waals surface area (Å²) >= 11 is 11.5. The number of nitrogens with one attached hydrogen (secondary N) is 2. The number of rotatable bonds is 6. The van der Waals surface area contributed by atoms with Gasteiger partial charge in [0.05, 0.1) is 17.1 Å². The van der Waals surface area contributed by atoms with E-state index in [2.05, 4.69) is 10.6 Å². The third kappa shape index (κ3) is 6.01. The van der Waals surface area contributed by atoms with Gasteiger partial charge in [-0.1, -0.05) is 23.2 Å². The summed E-state index contributed by atoms with van der Waals surface area (Å²) in [6.45, 7) is 1.55. The van der Waals surface area contributed by atoms with E-state index < -0.39 is 18.5 Å². The molecule has 0 aliphatic rings. The van der Waals surface area contributed by atoms with Crippen LogP contribution in [0.25, 0.3) is 0 Å². The maximum atomic E-state index is 11.7. The Hall–Kier alpha value is -1.79. The number of amides is 2. The number of halogens is 2. The van der Waals surface area contributed by atoms with Crippen molar-refractivity contribution in [2.75, 3.05) is 19.7 Å². The highest BCUT2D eigenvalue weighted by Crippen LogP contribution is 2.21. The number of hydrogen-bond donors (Lipinski definition) is 2. The number of hydrogen-bond acceptors (Lipinski definition) is 4. The molecule has 6 nitrogen and oxygen atoms in total. The first-order valence-corrected chi connectivity index (χ1v) is 6.85. The summed E-state index contributed by atoms with van der Waals surface area (Å²) < 4.78 is 4.79. The molecule has 0 spiro atoms. The van der Waals surface area contributed by atoms with Crippen molar-refractivity contribution in [1.82, 2.24) is 10.6 Å². The molecule has 1 aromatic carbocycles. The highest BCUT2D eigenvalue weighted by molar-refractivity contribution is 6.36. The van der Waals surface area contributed by atoms with Crippen molar-refractivity contribution in [3.05, 3.63) is 33.8 Å². The van der Waals surface area contributed by atoms with E-state index in [1.807, 2.05) is 0 Å². The van der Waals surface area contributed by atoms with Crippen molar-refractivity contribution >= 4 is 41.0 Å². The van der Waals surface area contributed by atoms with Crippen molar-refractivity contribution in [1.29, 1.82) is 0 Å². The molecule has 114 valence electrons. The van der Waals surface area contributed by atoms with Gasteiger partial charge in [0, 0.05) is 11.6 Å². The highest BCUT2D eigenvalue weighted by atomic mass is 35.5. The molecule has 0 aliphatic heterocycles. The zero-order valence-electron chi connectivity index (χ0n) is 11.2. The van der Waals surface area contributed by atoms with Gasteiger partial charge in [0.15, 0.2) is 6.61 Å². The summed E-state index contributed by atoms with van der Waals surface area (Å²) in [5.41, 5.74) is 0.109. The first kappa shape index (κ1) is 17.3. The summed E-state index contributed by atoms with van der Waals surface area (Å²) in [6.07, 6.45) is 0. The number of likely N-dealkylation sites (N-methyl/N-ethyl adjacent to an activating group) is 1. The number of ether oxygens (including phenoxy) is 1. The molecule has 21 heavy (non-hydrogen) atoms. The van der Waals surface area contributed by atoms with Crippen molar-refractivity contribution < 1.29 is 19.1 Å². The van der Waals surface area contributed by atoms with Crippen LogP contribution in [0, 0.1) is 0 Å². The second-order valence-corrected chi connectivity index (χ2v) is 4.77. The van der Waals surface area contributed by atoms with Crippen LogP contribution in [-0.4, -0.2) is 37.5 Å². The molecule has 0 saturated carbocycles. The third-order valence-corrected chi connectivity index (χ3v) is 2.85. The SMILES string of the molecule is CCNC(=O)CNC(=O)COC(=O)c1ccc(Cl)cc1Cl. The Labute approximate surface area is 131 Å². The average Bonchev–Trinajstić information content (AvgIpc) is 2.43. The van der Waals surface area contributed by atoms with Crippen LogP contribution in [-0.2, 0) is 14.3 Å². The molecular formula is C13H14Cl2N2O4. The van der Waals surface area contributed by atoms with Crippen LogP contribution < -0.4 is 10.6 Å². The number of esters is 1. The minimum Gasteiger partial charge on any atom is -0.452 e. The fraction of sp³-hybridized carbons (Fsp3) is 0.308. The van der Waals surface area contributed by atoms with Crippen molar-refractivity contribution in [3.63, 3.8) is 0 Å². The van der Waals surface area contributed by atoms with Crippen LogP contribution in [0.2, 0.25) is 10.0 Å². The molecule has 0 saturated heterocycles. The molecular weight excluding hydrogens is 319 g/mol. The Bertz CT molecular complexity index is 549. The fourth-order valence-electron chi connectivity index (χ4n) is 1.35. The maximum Gasteiger partial charge on any atom is 0.340 e. The van der Waals surface area contributed by atoms with Gasteiger partial charge in [-0.05, 0) is 25.1 Å². The number of benzene rings is 1. The normalized spacial score (nSPS) is 9.86. The predicted molar refractivity (Wildman–Crippen MR) is 78.4 cm³/mol. The summed E-state index contributed by atoms with van der Waals surface area (Å²) in [5, 5.41) is 5.35. The molecule has 0 unspecified atom stereocenters. The molecule has 0 heterocycles. The first-order valence-electron chi connectivity index (χ1n) is 6.09. The van der Waals surface area contributed by atoms with Gasteiger partial charge in [-0.25, -0.2) is 4.79 Å². The van der Waals surface area contributed by atoms with Gasteiger partial charge in [0.25, 0.3) is 5.91 Å². The largest absolute Gasteiger partial charge is 0.452 e. The van der Waals surface area contributed by atoms with E-state index in [1.165, 1.54) is 18.2 Å². The number of carbonyl (C=O) groups is 3. The second-order valence-electron chi connectivity index (χ2n) is 3.93. The molecule has 2 amide bonds. The summed E-state index contributed by atoms with van der Waals surface area (Å²) in [6, 6.07) is 4.29. The Morgan fingerprint density at radius 1 is 1.14 bits per heavy atom. The predicted octanol–water partition coefficient (Wildman–Crippen LogP) is 1.40. The maximum absolute atomic E-state index is 11.7. The highest BCUT2D eigenvalue weighted by Gasteiger charge is 2.14. The second kappa shape index (κ2) is 8.49. The first-order chi connectivity index (χ1) is 9.93. The van der Waals surface area contributed by atoms with E-state index in [0.717, 1.165) is 0 Å². The molecule has 0 aromatic heterocycles. The van der Waals surface area contributed by atoms with Crippen LogP contribution in [0.15, 0.2) is 18.2 Å². The van der Waals surface area contributed by atoms with Crippen molar-refractivity contribution in [2.45, 2.75) is 6.92 Å². The lowest BCUT2D eigenvalue weighted by Crippen LogP contribution is -2.38. The van der Waals surface area contributed by atoms with Crippen molar-refractivity contribution in [3.8, 4) is 0 Å². The molecule has 8 heteroatoms. The van der Waals surface area contributed by atoms with E-state index in [0.29, 0.717) is 11.6 Å². The monoisotopic (exact) mass is 332 g/mol. The topological polar surface area (TPSA) is 84.5 Å². The van der Waals surface area contributed by atoms with Gasteiger partial charge >= 0.3 is 5.97 Å². The average molecular weight is 333 g/mol. The Balaban J connectivity index is 2.42. The molecule has 0 atom stereocenters. The van der Waals surface area contributed by atoms with Gasteiger partial charge in [-0.15, -0.1) is 0 Å². The van der Waals surface area contributed by atoms with E-state index in [-0.39, 0.29) is 23.0 Å². The quantitative estimate of drug-likeness (QED) is 0.771. The van der Waals surface area contributed by atoms with E-state index in [4.69, 9.17) is 27.9 Å². The minimum absolute atomic E-state index is 0.109. The lowest BCUT2D eigenvalue weighted by molar-refractivity contribution is -0.127. The van der Waals surface area contributed by atoms with Gasteiger partial charge in [-0.3, -0.25) is 9.59 Å². The lowest BCUT2D eigenvalue weighted by atomic mass is 10.2. The minimum atomic E-state index is -0.746. The van der Waals surface area contributed by atoms with Gasteiger partial charge < -0.3 is 15.4 Å². The summed E-state index contributed by atoms with van der Waals surface area (Å²) in [4.78, 5) is 34.2.